The summed E-state index contributed by atoms with van der Waals surface area (Å²) in [7, 11) is 0. The monoisotopic (exact) mass is 346 g/mol. The zero-order valence-corrected chi connectivity index (χ0v) is 13.9. The summed E-state index contributed by atoms with van der Waals surface area (Å²) in [6.45, 7) is 2.34. The molecule has 4 rings (SSSR count). The van der Waals surface area contributed by atoms with Crippen LogP contribution in [0.2, 0.25) is 0 Å². The summed E-state index contributed by atoms with van der Waals surface area (Å²) in [4.78, 5) is 14.5. The zero-order valence-electron chi connectivity index (χ0n) is 13.1. The molecular formula is C16H18N4O3S. The highest BCUT2D eigenvalue weighted by atomic mass is 32.1. The smallest absolute Gasteiger partial charge is 0.322 e. The minimum Gasteiger partial charge on any atom is -0.485 e. The lowest BCUT2D eigenvalue weighted by atomic mass is 9.93. The summed E-state index contributed by atoms with van der Waals surface area (Å²) in [5.41, 5.74) is 0.618. The van der Waals surface area contributed by atoms with Gasteiger partial charge in [0, 0.05) is 29.9 Å². The molecule has 2 aliphatic heterocycles. The number of hydrogen-bond donors (Lipinski definition) is 1. The molecule has 1 aromatic heterocycles. The molecule has 3 heterocycles. The third-order valence-electron chi connectivity index (χ3n) is 4.42. The van der Waals surface area contributed by atoms with Gasteiger partial charge in [0.1, 0.15) is 16.4 Å². The van der Waals surface area contributed by atoms with Crippen molar-refractivity contribution in [2.75, 3.05) is 25.1 Å². The van der Waals surface area contributed by atoms with Crippen LogP contribution < -0.4 is 10.1 Å². The standard InChI is InChI=1S/C16H18N4O3S/c21-15(18-14-9-17-19-24-14)20-10-12-3-1-2-4-13(12)23-16(11-20)5-7-22-8-6-16/h1-4,9H,5-8,10-11H2,(H,18,21). The van der Waals surface area contributed by atoms with Gasteiger partial charge in [-0.2, -0.15) is 0 Å². The van der Waals surface area contributed by atoms with Crippen LogP contribution in [0.5, 0.6) is 5.75 Å². The lowest BCUT2D eigenvalue weighted by molar-refractivity contribution is -0.0529. The van der Waals surface area contributed by atoms with Gasteiger partial charge >= 0.3 is 6.03 Å². The Morgan fingerprint density at radius 3 is 2.92 bits per heavy atom. The van der Waals surface area contributed by atoms with E-state index in [1.54, 1.807) is 11.1 Å². The van der Waals surface area contributed by atoms with Crippen LogP contribution in [-0.2, 0) is 11.3 Å². The van der Waals surface area contributed by atoms with Crippen LogP contribution in [0.25, 0.3) is 0 Å². The molecule has 24 heavy (non-hydrogen) atoms. The number of fused-ring (bicyclic) bond motifs is 1. The van der Waals surface area contributed by atoms with Gasteiger partial charge in [0.2, 0.25) is 0 Å². The molecule has 2 aromatic rings. The molecule has 7 nitrogen and oxygen atoms in total. The average molecular weight is 346 g/mol. The van der Waals surface area contributed by atoms with Crippen LogP contribution in [0.1, 0.15) is 18.4 Å². The average Bonchev–Trinajstić information content (AvgIpc) is 3.04. The first-order valence-corrected chi connectivity index (χ1v) is 8.69. The van der Waals surface area contributed by atoms with E-state index < -0.39 is 5.60 Å². The van der Waals surface area contributed by atoms with Crippen molar-refractivity contribution in [1.82, 2.24) is 14.5 Å². The minimum atomic E-state index is -0.395. The molecule has 0 bridgehead atoms. The van der Waals surface area contributed by atoms with Gasteiger partial charge < -0.3 is 14.4 Å². The fraction of sp³-hybridized carbons (Fsp3) is 0.438. The molecular weight excluding hydrogens is 328 g/mol. The number of urea groups is 1. The molecule has 0 radical (unpaired) electrons. The van der Waals surface area contributed by atoms with Gasteiger partial charge in [-0.15, -0.1) is 5.10 Å². The molecule has 0 saturated carbocycles. The summed E-state index contributed by atoms with van der Waals surface area (Å²) in [6, 6.07) is 7.74. The third kappa shape index (κ3) is 3.07. The Labute approximate surface area is 143 Å². The van der Waals surface area contributed by atoms with Crippen molar-refractivity contribution in [3.63, 3.8) is 0 Å². The Morgan fingerprint density at radius 2 is 2.12 bits per heavy atom. The van der Waals surface area contributed by atoms with Crippen LogP contribution in [0.3, 0.4) is 0 Å². The van der Waals surface area contributed by atoms with Gasteiger partial charge in [-0.1, -0.05) is 22.7 Å². The van der Waals surface area contributed by atoms with Gasteiger partial charge in [0.15, 0.2) is 0 Å². The van der Waals surface area contributed by atoms with Crippen molar-refractivity contribution in [3.8, 4) is 5.75 Å². The lowest BCUT2D eigenvalue weighted by Crippen LogP contribution is -2.51. The van der Waals surface area contributed by atoms with Crippen molar-refractivity contribution in [2.45, 2.75) is 25.0 Å². The summed E-state index contributed by atoms with van der Waals surface area (Å²) < 4.78 is 15.6. The lowest BCUT2D eigenvalue weighted by Gasteiger charge is -2.38. The first kappa shape index (κ1) is 15.3. The Kier molecular flexibility index (Phi) is 4.07. The van der Waals surface area contributed by atoms with Crippen LogP contribution in [0.4, 0.5) is 9.80 Å². The Morgan fingerprint density at radius 1 is 1.29 bits per heavy atom. The maximum absolute atomic E-state index is 12.7. The van der Waals surface area contributed by atoms with Gasteiger partial charge in [-0.05, 0) is 6.07 Å². The maximum Gasteiger partial charge on any atom is 0.322 e. The fourth-order valence-electron chi connectivity index (χ4n) is 3.16. The Balaban J connectivity index is 1.62. The SMILES string of the molecule is O=C(Nc1cnns1)N1Cc2ccccc2OC2(CCOCC2)C1. The number of nitrogens with zero attached hydrogens (tertiary/aromatic N) is 3. The van der Waals surface area contributed by atoms with Crippen molar-refractivity contribution in [2.24, 2.45) is 0 Å². The van der Waals surface area contributed by atoms with E-state index in [9.17, 15) is 4.79 Å². The molecule has 1 aromatic carbocycles. The molecule has 8 heteroatoms. The minimum absolute atomic E-state index is 0.160. The molecule has 2 aliphatic rings. The first-order valence-electron chi connectivity index (χ1n) is 7.92. The molecule has 1 N–H and O–H groups in total. The highest BCUT2D eigenvalue weighted by Crippen LogP contribution is 2.35. The number of hydrogen-bond acceptors (Lipinski definition) is 6. The number of nitrogens with one attached hydrogen (secondary N) is 1. The molecule has 0 aliphatic carbocycles. The second-order valence-electron chi connectivity index (χ2n) is 6.07. The number of ether oxygens (including phenoxy) is 2. The summed E-state index contributed by atoms with van der Waals surface area (Å²) in [5.74, 6) is 0.856. The Hall–Kier alpha value is -2.19. The van der Waals surface area contributed by atoms with E-state index in [1.165, 1.54) is 0 Å². The predicted octanol–water partition coefficient (Wildman–Crippen LogP) is 2.51. The third-order valence-corrected chi connectivity index (χ3v) is 5.00. The quantitative estimate of drug-likeness (QED) is 0.858. The fourth-order valence-corrected chi connectivity index (χ4v) is 3.57. The number of anilines is 1. The van der Waals surface area contributed by atoms with Crippen molar-refractivity contribution < 1.29 is 14.3 Å². The van der Waals surface area contributed by atoms with E-state index in [1.807, 2.05) is 24.3 Å². The highest BCUT2D eigenvalue weighted by molar-refractivity contribution is 7.10. The number of carbonyl (C=O) groups excluding carboxylic acids is 1. The molecule has 0 unspecified atom stereocenters. The maximum atomic E-state index is 12.7. The molecule has 1 fully saturated rings. The highest BCUT2D eigenvalue weighted by Gasteiger charge is 2.40. The summed E-state index contributed by atoms with van der Waals surface area (Å²) in [6.07, 6.45) is 3.09. The Bertz CT molecular complexity index is 716. The number of amides is 2. The van der Waals surface area contributed by atoms with Gasteiger partial charge in [0.05, 0.1) is 32.5 Å². The van der Waals surface area contributed by atoms with E-state index in [-0.39, 0.29) is 6.03 Å². The van der Waals surface area contributed by atoms with E-state index >= 15 is 0 Å². The number of para-hydroxylation sites is 1. The normalized spacial score (nSPS) is 19.2. The molecule has 2 amide bonds. The zero-order chi connectivity index (χ0) is 16.4. The summed E-state index contributed by atoms with van der Waals surface area (Å²) in [5, 5.41) is 7.26. The number of carbonyl (C=O) groups is 1. The van der Waals surface area contributed by atoms with Crippen molar-refractivity contribution >= 4 is 22.6 Å². The topological polar surface area (TPSA) is 76.6 Å². The van der Waals surface area contributed by atoms with Gasteiger partial charge in [-0.25, -0.2) is 4.79 Å². The van der Waals surface area contributed by atoms with Crippen LogP contribution in [0.15, 0.2) is 30.5 Å². The number of aromatic nitrogens is 2. The first-order chi connectivity index (χ1) is 11.7. The largest absolute Gasteiger partial charge is 0.485 e. The van der Waals surface area contributed by atoms with Gasteiger partial charge in [-0.3, -0.25) is 5.32 Å². The molecule has 1 spiro atoms. The summed E-state index contributed by atoms with van der Waals surface area (Å²) >= 11 is 1.16. The second kappa shape index (κ2) is 6.37. The van der Waals surface area contributed by atoms with E-state index in [4.69, 9.17) is 9.47 Å². The molecule has 0 atom stereocenters. The van der Waals surface area contributed by atoms with Crippen LogP contribution in [0, 0.1) is 0 Å². The molecule has 1 saturated heterocycles. The van der Waals surface area contributed by atoms with Gasteiger partial charge in [0.25, 0.3) is 0 Å². The van der Waals surface area contributed by atoms with E-state index in [2.05, 4.69) is 14.9 Å². The van der Waals surface area contributed by atoms with Crippen LogP contribution in [-0.4, -0.2) is 45.9 Å². The van der Waals surface area contributed by atoms with E-state index in [0.717, 1.165) is 35.7 Å². The number of rotatable bonds is 1. The predicted molar refractivity (Wildman–Crippen MR) is 89.2 cm³/mol. The number of benzene rings is 1. The van der Waals surface area contributed by atoms with Crippen molar-refractivity contribution in [3.05, 3.63) is 36.0 Å². The second-order valence-corrected chi connectivity index (χ2v) is 6.86. The van der Waals surface area contributed by atoms with Crippen LogP contribution >= 0.6 is 11.5 Å². The van der Waals surface area contributed by atoms with E-state index in [0.29, 0.717) is 31.3 Å². The van der Waals surface area contributed by atoms with Crippen molar-refractivity contribution in [1.29, 1.82) is 0 Å². The molecule has 126 valence electrons.